The minimum atomic E-state index is -1.41. The zero-order chi connectivity index (χ0) is 17.5. The monoisotopic (exact) mass is 364 g/mol. The summed E-state index contributed by atoms with van der Waals surface area (Å²) < 4.78 is 5.50. The minimum absolute atomic E-state index is 0.0255. The lowest BCUT2D eigenvalue weighted by Crippen LogP contribution is -2.41. The Kier molecular flexibility index (Phi) is 7.71. The quantitative estimate of drug-likeness (QED) is 0.384. The van der Waals surface area contributed by atoms with Crippen molar-refractivity contribution >= 4 is 20.0 Å². The van der Waals surface area contributed by atoms with Crippen molar-refractivity contribution in [1.82, 2.24) is 0 Å². The van der Waals surface area contributed by atoms with Crippen LogP contribution in [0.25, 0.3) is 0 Å². The van der Waals surface area contributed by atoms with E-state index < -0.39 is 7.14 Å². The predicted octanol–water partition coefficient (Wildman–Crippen LogP) is 6.78. The van der Waals surface area contributed by atoms with Gasteiger partial charge in [0, 0.05) is 17.0 Å². The van der Waals surface area contributed by atoms with Gasteiger partial charge in [0.25, 0.3) is 0 Å². The zero-order valence-corrected chi connectivity index (χ0v) is 17.3. The molecule has 3 rings (SSSR count). The van der Waals surface area contributed by atoms with Crippen molar-refractivity contribution in [2.45, 2.75) is 120 Å². The fourth-order valence-electron chi connectivity index (χ4n) is 6.16. The largest absolute Gasteiger partial charge is 0.503 e. The standard InChI is InChI=1S/C21H38BO2P/c1-2-24-21(23)22-25(18-12-6-3-7-13-18,19-14-8-4-9-15-19)20-16-10-5-11-17-20/h18-20H,2-17H2,1H3. The van der Waals surface area contributed by atoms with Gasteiger partial charge in [-0.3, -0.25) is 0 Å². The molecular formula is C21H38BO2P. The maximum absolute atomic E-state index is 12.7. The second kappa shape index (κ2) is 9.77. The second-order valence-corrected chi connectivity index (χ2v) is 12.9. The maximum Gasteiger partial charge on any atom is 0.104 e. The van der Waals surface area contributed by atoms with E-state index in [9.17, 15) is 4.79 Å². The van der Waals surface area contributed by atoms with E-state index in [0.717, 1.165) is 17.0 Å². The number of hydrogen-bond donors (Lipinski definition) is 0. The molecule has 0 aliphatic heterocycles. The van der Waals surface area contributed by atoms with Gasteiger partial charge in [-0.25, -0.2) is 0 Å². The highest BCUT2D eigenvalue weighted by Crippen LogP contribution is 2.76. The summed E-state index contributed by atoms with van der Waals surface area (Å²) in [6.07, 6.45) is 20.9. The van der Waals surface area contributed by atoms with Crippen LogP contribution >= 0.6 is 7.14 Å². The molecule has 0 aromatic carbocycles. The van der Waals surface area contributed by atoms with Crippen molar-refractivity contribution in [3.05, 3.63) is 0 Å². The van der Waals surface area contributed by atoms with Gasteiger partial charge in [0.2, 0.25) is 0 Å². The molecule has 25 heavy (non-hydrogen) atoms. The molecule has 142 valence electrons. The molecule has 0 amide bonds. The summed E-state index contributed by atoms with van der Waals surface area (Å²) in [6, 6.07) is 0. The van der Waals surface area contributed by atoms with E-state index in [1.165, 1.54) is 96.3 Å². The molecule has 0 atom stereocenters. The summed E-state index contributed by atoms with van der Waals surface area (Å²) in [4.78, 5) is 12.7. The van der Waals surface area contributed by atoms with Crippen LogP contribution in [0.15, 0.2) is 0 Å². The zero-order valence-electron chi connectivity index (χ0n) is 16.4. The van der Waals surface area contributed by atoms with Crippen LogP contribution in [-0.4, -0.2) is 36.5 Å². The maximum atomic E-state index is 12.7. The third-order valence-electron chi connectivity index (χ3n) is 7.24. The first-order valence-corrected chi connectivity index (χ1v) is 13.2. The Bertz CT molecular complexity index is 365. The third kappa shape index (κ3) is 4.63. The van der Waals surface area contributed by atoms with E-state index >= 15 is 0 Å². The van der Waals surface area contributed by atoms with Gasteiger partial charge >= 0.3 is 0 Å². The van der Waals surface area contributed by atoms with Gasteiger partial charge in [0.15, 0.2) is 0 Å². The highest BCUT2D eigenvalue weighted by atomic mass is 31.2. The summed E-state index contributed by atoms with van der Waals surface area (Å²) in [5, 5.41) is 0. The average molecular weight is 364 g/mol. The smallest absolute Gasteiger partial charge is 0.104 e. The Morgan fingerprint density at radius 1 is 0.760 bits per heavy atom. The van der Waals surface area contributed by atoms with Crippen molar-refractivity contribution in [2.75, 3.05) is 6.61 Å². The molecule has 0 unspecified atom stereocenters. The van der Waals surface area contributed by atoms with Crippen LogP contribution in [0, 0.1) is 0 Å². The molecule has 3 aliphatic carbocycles. The summed E-state index contributed by atoms with van der Waals surface area (Å²) in [6.45, 7) is 4.74. The molecule has 3 aliphatic rings. The fourth-order valence-corrected chi connectivity index (χ4v) is 12.8. The fraction of sp³-hybridized carbons (Fsp3) is 0.952. The lowest BCUT2D eigenvalue weighted by atomic mass is 9.98. The molecule has 0 saturated heterocycles. The van der Waals surface area contributed by atoms with Crippen molar-refractivity contribution in [3.63, 3.8) is 0 Å². The van der Waals surface area contributed by atoms with E-state index in [1.807, 2.05) is 6.92 Å². The summed E-state index contributed by atoms with van der Waals surface area (Å²) >= 11 is 0. The van der Waals surface area contributed by atoms with Crippen molar-refractivity contribution in [3.8, 4) is 0 Å². The van der Waals surface area contributed by atoms with Crippen LogP contribution in [-0.2, 0) is 4.74 Å². The molecule has 0 heterocycles. The molecule has 2 nitrogen and oxygen atoms in total. The highest BCUT2D eigenvalue weighted by Gasteiger charge is 2.49. The van der Waals surface area contributed by atoms with Crippen molar-refractivity contribution in [1.29, 1.82) is 0 Å². The van der Waals surface area contributed by atoms with Gasteiger partial charge < -0.3 is 9.53 Å². The first-order chi connectivity index (χ1) is 12.3. The molecule has 3 fully saturated rings. The first kappa shape index (κ1) is 19.7. The Morgan fingerprint density at radius 2 is 1.12 bits per heavy atom. The van der Waals surface area contributed by atoms with E-state index in [4.69, 9.17) is 4.74 Å². The third-order valence-corrected chi connectivity index (χ3v) is 13.2. The SMILES string of the molecule is CCOC(=O)[B-][P+](C1CCCCC1)(C1CCCCC1)C1CCCCC1. The molecule has 0 aromatic heterocycles. The predicted molar refractivity (Wildman–Crippen MR) is 110 cm³/mol. The van der Waals surface area contributed by atoms with Crippen molar-refractivity contribution in [2.24, 2.45) is 0 Å². The molecule has 0 bridgehead atoms. The Labute approximate surface area is 156 Å². The lowest BCUT2D eigenvalue weighted by molar-refractivity contribution is 0.179. The molecule has 0 aromatic rings. The van der Waals surface area contributed by atoms with Gasteiger partial charge in [-0.1, -0.05) is 19.3 Å². The van der Waals surface area contributed by atoms with Crippen LogP contribution < -0.4 is 0 Å². The van der Waals surface area contributed by atoms with Gasteiger partial charge in [-0.05, 0) is 84.0 Å². The van der Waals surface area contributed by atoms with E-state index in [2.05, 4.69) is 7.00 Å². The minimum Gasteiger partial charge on any atom is -0.503 e. The number of ether oxygens (including phenoxy) is 1. The van der Waals surface area contributed by atoms with Crippen LogP contribution in [0.5, 0.6) is 0 Å². The van der Waals surface area contributed by atoms with Gasteiger partial charge in [0.1, 0.15) is 5.87 Å². The van der Waals surface area contributed by atoms with Gasteiger partial charge in [-0.15, -0.1) is 0 Å². The molecule has 0 N–H and O–H groups in total. The molecular weight excluding hydrogens is 326 g/mol. The molecule has 4 heteroatoms. The number of carbonyl (C=O) groups excluding carboxylic acids is 1. The number of rotatable bonds is 6. The van der Waals surface area contributed by atoms with Crippen LogP contribution in [0.4, 0.5) is 4.79 Å². The van der Waals surface area contributed by atoms with E-state index in [0.29, 0.717) is 6.61 Å². The Balaban J connectivity index is 1.92. The van der Waals surface area contributed by atoms with Crippen LogP contribution in [0.2, 0.25) is 0 Å². The Morgan fingerprint density at radius 3 is 1.44 bits per heavy atom. The molecule has 0 spiro atoms. The van der Waals surface area contributed by atoms with Gasteiger partial charge in [0.05, 0.1) is 13.6 Å². The van der Waals surface area contributed by atoms with Crippen molar-refractivity contribution < 1.29 is 9.53 Å². The van der Waals surface area contributed by atoms with E-state index in [-0.39, 0.29) is 5.87 Å². The van der Waals surface area contributed by atoms with Gasteiger partial charge in [-0.2, -0.15) is 7.14 Å². The molecule has 2 radical (unpaired) electrons. The lowest BCUT2D eigenvalue weighted by Gasteiger charge is -2.57. The Hall–Kier alpha value is -0.0351. The summed E-state index contributed by atoms with van der Waals surface area (Å²) in [5.74, 6) is 0.0255. The normalized spacial score (nSPS) is 25.0. The summed E-state index contributed by atoms with van der Waals surface area (Å²) in [5.41, 5.74) is 2.49. The number of hydrogen-bond acceptors (Lipinski definition) is 2. The summed E-state index contributed by atoms with van der Waals surface area (Å²) in [7, 11) is -1.41. The van der Waals surface area contributed by atoms with Crippen LogP contribution in [0.1, 0.15) is 103 Å². The first-order valence-electron chi connectivity index (χ1n) is 11.2. The topological polar surface area (TPSA) is 26.3 Å². The van der Waals surface area contributed by atoms with Crippen LogP contribution in [0.3, 0.4) is 0 Å². The highest BCUT2D eigenvalue weighted by molar-refractivity contribution is 8.05. The number of carbonyl (C=O) groups is 1. The average Bonchev–Trinajstić information content (AvgIpc) is 2.68. The molecule has 3 saturated carbocycles. The van der Waals surface area contributed by atoms with E-state index in [1.54, 1.807) is 0 Å². The second-order valence-electron chi connectivity index (χ2n) is 8.65.